The van der Waals surface area contributed by atoms with Crippen molar-refractivity contribution >= 4 is 17.3 Å². The number of hydrogen-bond donors (Lipinski definition) is 0. The van der Waals surface area contributed by atoms with Crippen LogP contribution in [0, 0.1) is 17.0 Å². The Morgan fingerprint density at radius 1 is 1.53 bits per heavy atom. The fourth-order valence-electron chi connectivity index (χ4n) is 1.66. The zero-order valence-corrected chi connectivity index (χ0v) is 11.2. The Balaban J connectivity index is 2.37. The van der Waals surface area contributed by atoms with Crippen LogP contribution in [-0.4, -0.2) is 15.1 Å². The molecule has 7 heteroatoms. The van der Waals surface area contributed by atoms with E-state index in [1.165, 1.54) is 12.1 Å². The van der Waals surface area contributed by atoms with Gasteiger partial charge in [0.2, 0.25) is 0 Å². The summed E-state index contributed by atoms with van der Waals surface area (Å²) in [7, 11) is 0. The zero-order valence-electron chi connectivity index (χ0n) is 10.5. The van der Waals surface area contributed by atoms with Gasteiger partial charge in [0.05, 0.1) is 10.3 Å². The topological polar surface area (TPSA) is 82.1 Å². The van der Waals surface area contributed by atoms with Gasteiger partial charge in [-0.15, -0.1) is 11.6 Å². The summed E-state index contributed by atoms with van der Waals surface area (Å²) in [6.45, 7) is 3.68. The van der Waals surface area contributed by atoms with Gasteiger partial charge in [0.15, 0.2) is 5.82 Å². The Hall–Kier alpha value is -1.95. The molecule has 0 radical (unpaired) electrons. The Kier molecular flexibility index (Phi) is 3.80. The predicted molar refractivity (Wildman–Crippen MR) is 70.0 cm³/mol. The van der Waals surface area contributed by atoms with Gasteiger partial charge in [0, 0.05) is 17.7 Å². The number of benzene rings is 1. The Morgan fingerprint density at radius 3 is 2.84 bits per heavy atom. The van der Waals surface area contributed by atoms with Crippen LogP contribution in [0.5, 0.6) is 0 Å². The van der Waals surface area contributed by atoms with Gasteiger partial charge in [-0.3, -0.25) is 10.1 Å². The predicted octanol–water partition coefficient (Wildman–Crippen LogP) is 3.64. The van der Waals surface area contributed by atoms with E-state index in [4.69, 9.17) is 16.1 Å². The third-order valence-corrected chi connectivity index (χ3v) is 3.24. The highest BCUT2D eigenvalue weighted by atomic mass is 35.5. The summed E-state index contributed by atoms with van der Waals surface area (Å²) in [5.74, 6) is 0.749. The number of nitro groups is 1. The van der Waals surface area contributed by atoms with Crippen molar-refractivity contribution in [3.63, 3.8) is 0 Å². The summed E-state index contributed by atoms with van der Waals surface area (Å²) in [4.78, 5) is 14.4. The number of aryl methyl sites for hydroxylation is 1. The molecule has 1 atom stereocenters. The van der Waals surface area contributed by atoms with Crippen LogP contribution < -0.4 is 0 Å². The zero-order chi connectivity index (χ0) is 14.0. The molecule has 0 bridgehead atoms. The average molecular weight is 282 g/mol. The molecule has 0 fully saturated rings. The quantitative estimate of drug-likeness (QED) is 0.485. The van der Waals surface area contributed by atoms with Gasteiger partial charge in [0.1, 0.15) is 0 Å². The van der Waals surface area contributed by atoms with Crippen molar-refractivity contribution < 1.29 is 9.45 Å². The Labute approximate surface area is 114 Å². The molecule has 0 amide bonds. The average Bonchev–Trinajstić information content (AvgIpc) is 2.87. The number of nitrogens with zero attached hydrogens (tertiary/aromatic N) is 3. The Bertz CT molecular complexity index is 612. The van der Waals surface area contributed by atoms with Crippen LogP contribution in [0.1, 0.15) is 30.1 Å². The lowest BCUT2D eigenvalue weighted by atomic mass is 10.1. The SMILES string of the molecule is CCC(Cl)c1noc(-c2ccc([N+](=O)[O-])cc2C)n1. The number of hydrogen-bond acceptors (Lipinski definition) is 5. The highest BCUT2D eigenvalue weighted by Gasteiger charge is 2.17. The van der Waals surface area contributed by atoms with E-state index in [0.717, 1.165) is 0 Å². The van der Waals surface area contributed by atoms with Crippen LogP contribution in [0.4, 0.5) is 5.69 Å². The summed E-state index contributed by atoms with van der Waals surface area (Å²) >= 11 is 6.02. The summed E-state index contributed by atoms with van der Waals surface area (Å²) < 4.78 is 5.14. The molecule has 1 aromatic carbocycles. The lowest BCUT2D eigenvalue weighted by molar-refractivity contribution is -0.384. The fourth-order valence-corrected chi connectivity index (χ4v) is 1.74. The minimum absolute atomic E-state index is 0.0322. The summed E-state index contributed by atoms with van der Waals surface area (Å²) in [6, 6.07) is 4.47. The third kappa shape index (κ3) is 2.73. The largest absolute Gasteiger partial charge is 0.334 e. The maximum Gasteiger partial charge on any atom is 0.269 e. The van der Waals surface area contributed by atoms with E-state index >= 15 is 0 Å². The van der Waals surface area contributed by atoms with Crippen LogP contribution in [0.25, 0.3) is 11.5 Å². The summed E-state index contributed by atoms with van der Waals surface area (Å²) in [5.41, 5.74) is 1.40. The molecule has 1 heterocycles. The molecule has 1 aromatic heterocycles. The van der Waals surface area contributed by atoms with Crippen molar-refractivity contribution in [1.82, 2.24) is 10.1 Å². The smallest absolute Gasteiger partial charge is 0.269 e. The second-order valence-electron chi connectivity index (χ2n) is 4.09. The van der Waals surface area contributed by atoms with Crippen LogP contribution in [0.2, 0.25) is 0 Å². The van der Waals surface area contributed by atoms with E-state index in [-0.39, 0.29) is 11.1 Å². The van der Waals surface area contributed by atoms with E-state index in [9.17, 15) is 10.1 Å². The van der Waals surface area contributed by atoms with Crippen LogP contribution >= 0.6 is 11.6 Å². The molecule has 2 aromatic rings. The molecule has 0 saturated heterocycles. The molecule has 19 heavy (non-hydrogen) atoms. The van der Waals surface area contributed by atoms with Gasteiger partial charge in [0.25, 0.3) is 11.6 Å². The molecule has 100 valence electrons. The Morgan fingerprint density at radius 2 is 2.26 bits per heavy atom. The van der Waals surface area contributed by atoms with Gasteiger partial charge >= 0.3 is 0 Å². The fraction of sp³-hybridized carbons (Fsp3) is 0.333. The number of nitro benzene ring substituents is 1. The lowest BCUT2D eigenvalue weighted by Gasteiger charge is -2.00. The highest BCUT2D eigenvalue weighted by molar-refractivity contribution is 6.20. The first kappa shape index (κ1) is 13.5. The van der Waals surface area contributed by atoms with Crippen molar-refractivity contribution in [2.24, 2.45) is 0 Å². The van der Waals surface area contributed by atoms with E-state index in [1.807, 2.05) is 6.92 Å². The van der Waals surface area contributed by atoms with Crippen LogP contribution in [-0.2, 0) is 0 Å². The monoisotopic (exact) mass is 281 g/mol. The molecular weight excluding hydrogens is 270 g/mol. The standard InChI is InChI=1S/C12H12ClN3O3/c1-3-10(13)11-14-12(19-15-11)9-5-4-8(16(17)18)6-7(9)2/h4-6,10H,3H2,1-2H3. The van der Waals surface area contributed by atoms with E-state index < -0.39 is 4.92 Å². The van der Waals surface area contributed by atoms with Gasteiger partial charge in [-0.2, -0.15) is 4.98 Å². The summed E-state index contributed by atoms with van der Waals surface area (Å²) in [5, 5.41) is 14.2. The van der Waals surface area contributed by atoms with Gasteiger partial charge < -0.3 is 4.52 Å². The van der Waals surface area contributed by atoms with Crippen molar-refractivity contribution in [3.05, 3.63) is 39.7 Å². The van der Waals surface area contributed by atoms with Crippen molar-refractivity contribution in [2.45, 2.75) is 25.6 Å². The minimum atomic E-state index is -0.443. The van der Waals surface area contributed by atoms with Crippen molar-refractivity contribution in [1.29, 1.82) is 0 Å². The molecule has 0 N–H and O–H groups in total. The van der Waals surface area contributed by atoms with Gasteiger partial charge in [-0.25, -0.2) is 0 Å². The maximum absolute atomic E-state index is 10.7. The number of aromatic nitrogens is 2. The number of non-ortho nitro benzene ring substituents is 1. The second kappa shape index (κ2) is 5.36. The van der Waals surface area contributed by atoms with E-state index in [2.05, 4.69) is 10.1 Å². The first-order valence-electron chi connectivity index (χ1n) is 5.76. The van der Waals surface area contributed by atoms with Crippen LogP contribution in [0.3, 0.4) is 0 Å². The molecule has 2 rings (SSSR count). The van der Waals surface area contributed by atoms with E-state index in [1.54, 1.807) is 13.0 Å². The molecule has 0 aliphatic heterocycles. The van der Waals surface area contributed by atoms with Crippen molar-refractivity contribution in [3.8, 4) is 11.5 Å². The van der Waals surface area contributed by atoms with Gasteiger partial charge in [-0.1, -0.05) is 12.1 Å². The molecule has 6 nitrogen and oxygen atoms in total. The van der Waals surface area contributed by atoms with Gasteiger partial charge in [-0.05, 0) is 25.0 Å². The molecular formula is C12H12ClN3O3. The molecule has 0 aliphatic carbocycles. The third-order valence-electron chi connectivity index (χ3n) is 2.73. The first-order valence-corrected chi connectivity index (χ1v) is 6.19. The lowest BCUT2D eigenvalue weighted by Crippen LogP contribution is -1.92. The maximum atomic E-state index is 10.7. The molecule has 0 aliphatic rings. The van der Waals surface area contributed by atoms with Crippen LogP contribution in [0.15, 0.2) is 22.7 Å². The molecule has 0 saturated carbocycles. The molecule has 1 unspecified atom stereocenters. The normalized spacial score (nSPS) is 12.4. The highest BCUT2D eigenvalue weighted by Crippen LogP contribution is 2.28. The molecule has 0 spiro atoms. The van der Waals surface area contributed by atoms with E-state index in [0.29, 0.717) is 29.3 Å². The minimum Gasteiger partial charge on any atom is -0.334 e. The number of rotatable bonds is 4. The first-order chi connectivity index (χ1) is 9.02. The summed E-state index contributed by atoms with van der Waals surface area (Å²) in [6.07, 6.45) is 0.694. The number of alkyl halides is 1. The van der Waals surface area contributed by atoms with Crippen molar-refractivity contribution in [2.75, 3.05) is 0 Å². The number of halogens is 1. The second-order valence-corrected chi connectivity index (χ2v) is 4.62.